The molecule has 13 heteroatoms. The summed E-state index contributed by atoms with van der Waals surface area (Å²) in [6.07, 6.45) is 0.278. The normalized spacial score (nSPS) is 18.0. The van der Waals surface area contributed by atoms with Gasteiger partial charge in [0.05, 0.1) is 52.6 Å². The van der Waals surface area contributed by atoms with Crippen LogP contribution in [0.3, 0.4) is 0 Å². The highest BCUT2D eigenvalue weighted by atomic mass is 31.2. The third-order valence-electron chi connectivity index (χ3n) is 9.24. The van der Waals surface area contributed by atoms with E-state index in [0.29, 0.717) is 17.1 Å². The Kier molecular flexibility index (Phi) is 13.6. The number of aromatic nitrogens is 2. The fraction of sp³-hybridized carbons (Fsp3) is 0.425. The number of ether oxygens (including phenoxy) is 4. The fourth-order valence-corrected chi connectivity index (χ4v) is 8.48. The molecular weight excluding hydrogens is 695 g/mol. The number of nitrogens with zero attached hydrogens (tertiary/aromatic N) is 3. The molecule has 0 bridgehead atoms. The number of hydrogen-bond acceptors (Lipinski definition) is 10. The second-order valence-electron chi connectivity index (χ2n) is 13.3. The van der Waals surface area contributed by atoms with E-state index in [1.807, 2.05) is 78.9 Å². The molecule has 4 aromatic rings. The molecule has 2 unspecified atom stereocenters. The van der Waals surface area contributed by atoms with E-state index in [1.165, 1.54) is 4.57 Å². The average Bonchev–Trinajstić information content (AvgIpc) is 3.55. The molecule has 4 atom stereocenters. The minimum Gasteiger partial charge on any atom is -0.497 e. The number of H-pyrrole nitrogens is 1. The Balaban J connectivity index is 1.62. The molecule has 5 rings (SSSR count). The van der Waals surface area contributed by atoms with Gasteiger partial charge in [0.2, 0.25) is 0 Å². The lowest BCUT2D eigenvalue weighted by molar-refractivity contribution is -0.0679. The van der Waals surface area contributed by atoms with Crippen molar-refractivity contribution in [2.24, 2.45) is 0 Å². The molecule has 0 radical (unpaired) electrons. The second kappa shape index (κ2) is 18.1. The number of nitriles is 1. The fourth-order valence-electron chi connectivity index (χ4n) is 6.69. The number of hydrogen-bond donors (Lipinski definition) is 1. The smallest absolute Gasteiger partial charge is 0.328 e. The molecule has 1 aliphatic heterocycles. The summed E-state index contributed by atoms with van der Waals surface area (Å²) < 4.78 is 41.6. The zero-order valence-corrected chi connectivity index (χ0v) is 32.2. The van der Waals surface area contributed by atoms with Gasteiger partial charge < -0.3 is 28.0 Å². The molecule has 1 saturated heterocycles. The Morgan fingerprint density at radius 1 is 0.925 bits per heavy atom. The first kappa shape index (κ1) is 39.9. The molecule has 1 N–H and O–H groups in total. The monoisotopic (exact) mass is 744 g/mol. The van der Waals surface area contributed by atoms with Crippen LogP contribution in [0, 0.1) is 18.3 Å². The predicted octanol–water partition coefficient (Wildman–Crippen LogP) is 6.47. The van der Waals surface area contributed by atoms with Gasteiger partial charge in [-0.3, -0.25) is 14.3 Å². The van der Waals surface area contributed by atoms with Crippen molar-refractivity contribution < 1.29 is 28.0 Å². The molecule has 12 nitrogen and oxygen atoms in total. The van der Waals surface area contributed by atoms with Gasteiger partial charge in [0.1, 0.15) is 29.3 Å². The van der Waals surface area contributed by atoms with E-state index < -0.39 is 43.6 Å². The highest BCUT2D eigenvalue weighted by Gasteiger charge is 2.46. The maximum atomic E-state index is 13.3. The quantitative estimate of drug-likeness (QED) is 0.0728. The van der Waals surface area contributed by atoms with Crippen molar-refractivity contribution in [2.75, 3.05) is 34.0 Å². The molecule has 0 spiro atoms. The van der Waals surface area contributed by atoms with Crippen molar-refractivity contribution in [1.82, 2.24) is 14.2 Å². The van der Waals surface area contributed by atoms with Gasteiger partial charge in [0.15, 0.2) is 0 Å². The Labute approximate surface area is 312 Å². The summed E-state index contributed by atoms with van der Waals surface area (Å²) in [7, 11) is 1.51. The standard InChI is InChI=1S/C40H49N4O8P/c1-27(2)44(28(3)4)53(51-23-11-22-41)52-37-35(43-24-29(5)38(45)42-39(43)46)25-49-36(37)26-50-40(30-12-9-8-10-13-30,31-14-18-33(47-6)19-15-31)32-16-20-34(48-7)21-17-32/h8-10,12-21,24,27-28,35-37H,11,23,25-26H2,1-7H3,(H,42,45,46)/t35-,36?,37+,53?/m1/s1. The summed E-state index contributed by atoms with van der Waals surface area (Å²) in [5, 5.41) is 9.32. The molecule has 0 aliphatic carbocycles. The number of rotatable bonds is 17. The number of benzene rings is 3. The van der Waals surface area contributed by atoms with Crippen molar-refractivity contribution in [1.29, 1.82) is 5.26 Å². The number of nitrogens with one attached hydrogen (secondary N) is 1. The van der Waals surface area contributed by atoms with Crippen molar-refractivity contribution >= 4 is 8.53 Å². The minimum absolute atomic E-state index is 0.0348. The molecule has 2 heterocycles. The first-order valence-electron chi connectivity index (χ1n) is 17.7. The molecular formula is C40H49N4O8P. The molecule has 282 valence electrons. The summed E-state index contributed by atoms with van der Waals surface area (Å²) in [6, 6.07) is 27.1. The Morgan fingerprint density at radius 2 is 1.49 bits per heavy atom. The van der Waals surface area contributed by atoms with Crippen LogP contribution in [0.25, 0.3) is 0 Å². The Bertz CT molecular complexity index is 1870. The zero-order valence-electron chi connectivity index (χ0n) is 31.4. The molecule has 3 aromatic carbocycles. The van der Waals surface area contributed by atoms with Crippen LogP contribution >= 0.6 is 8.53 Å². The Morgan fingerprint density at radius 3 is 2.02 bits per heavy atom. The van der Waals surface area contributed by atoms with E-state index in [2.05, 4.69) is 43.4 Å². The van der Waals surface area contributed by atoms with Crippen LogP contribution in [0.2, 0.25) is 0 Å². The van der Waals surface area contributed by atoms with E-state index >= 15 is 0 Å². The van der Waals surface area contributed by atoms with Gasteiger partial charge in [-0.05, 0) is 75.6 Å². The summed E-state index contributed by atoms with van der Waals surface area (Å²) >= 11 is 0. The summed E-state index contributed by atoms with van der Waals surface area (Å²) in [5.41, 5.74) is 0.795. The third-order valence-corrected chi connectivity index (χ3v) is 11.4. The van der Waals surface area contributed by atoms with Gasteiger partial charge in [0.25, 0.3) is 14.1 Å². The van der Waals surface area contributed by atoms with Gasteiger partial charge in [-0.1, -0.05) is 54.6 Å². The van der Waals surface area contributed by atoms with E-state index in [1.54, 1.807) is 27.3 Å². The number of aromatic amines is 1. The third kappa shape index (κ3) is 8.90. The first-order valence-corrected chi connectivity index (χ1v) is 18.8. The summed E-state index contributed by atoms with van der Waals surface area (Å²) in [5.74, 6) is 1.40. The second-order valence-corrected chi connectivity index (χ2v) is 14.8. The predicted molar refractivity (Wildman–Crippen MR) is 203 cm³/mol. The number of methoxy groups -OCH3 is 2. The molecule has 1 aromatic heterocycles. The summed E-state index contributed by atoms with van der Waals surface area (Å²) in [4.78, 5) is 28.2. The van der Waals surface area contributed by atoms with Crippen molar-refractivity contribution in [3.05, 3.63) is 128 Å². The first-order chi connectivity index (χ1) is 25.5. The van der Waals surface area contributed by atoms with Crippen LogP contribution < -0.4 is 20.7 Å². The highest BCUT2D eigenvalue weighted by Crippen LogP contribution is 2.50. The van der Waals surface area contributed by atoms with Gasteiger partial charge in [-0.2, -0.15) is 5.26 Å². The topological polar surface area (TPSA) is 137 Å². The van der Waals surface area contributed by atoms with Crippen LogP contribution in [0.15, 0.2) is 94.6 Å². The maximum absolute atomic E-state index is 13.3. The lowest BCUT2D eigenvalue weighted by Crippen LogP contribution is -2.43. The van der Waals surface area contributed by atoms with Crippen LogP contribution in [-0.4, -0.2) is 72.6 Å². The zero-order chi connectivity index (χ0) is 38.1. The van der Waals surface area contributed by atoms with Crippen LogP contribution in [-0.2, 0) is 24.1 Å². The molecule has 0 saturated carbocycles. The van der Waals surface area contributed by atoms with Gasteiger partial charge in [-0.15, -0.1) is 0 Å². The molecule has 1 fully saturated rings. The van der Waals surface area contributed by atoms with Gasteiger partial charge in [0, 0.05) is 23.8 Å². The van der Waals surface area contributed by atoms with Crippen molar-refractivity contribution in [3.63, 3.8) is 0 Å². The molecule has 0 amide bonds. The highest BCUT2D eigenvalue weighted by molar-refractivity contribution is 7.44. The van der Waals surface area contributed by atoms with E-state index in [9.17, 15) is 14.9 Å². The van der Waals surface area contributed by atoms with Crippen molar-refractivity contribution in [3.8, 4) is 17.6 Å². The van der Waals surface area contributed by atoms with Gasteiger partial charge in [-0.25, -0.2) is 9.46 Å². The maximum Gasteiger partial charge on any atom is 0.328 e. The average molecular weight is 745 g/mol. The molecule has 1 aliphatic rings. The van der Waals surface area contributed by atoms with E-state index in [0.717, 1.165) is 16.7 Å². The van der Waals surface area contributed by atoms with Crippen LogP contribution in [0.4, 0.5) is 0 Å². The van der Waals surface area contributed by atoms with Crippen LogP contribution in [0.5, 0.6) is 11.5 Å². The minimum atomic E-state index is -1.74. The number of aryl methyl sites for hydroxylation is 1. The largest absolute Gasteiger partial charge is 0.497 e. The molecule has 53 heavy (non-hydrogen) atoms. The van der Waals surface area contributed by atoms with Gasteiger partial charge >= 0.3 is 5.69 Å². The van der Waals surface area contributed by atoms with E-state index in [-0.39, 0.29) is 38.3 Å². The summed E-state index contributed by atoms with van der Waals surface area (Å²) in [6.45, 7) is 10.2. The van der Waals surface area contributed by atoms with Crippen molar-refractivity contribution in [2.45, 2.75) is 77.0 Å². The lowest BCUT2D eigenvalue weighted by Gasteiger charge is -2.39. The van der Waals surface area contributed by atoms with Crippen LogP contribution in [0.1, 0.15) is 62.4 Å². The Hall–Kier alpha value is -4.34. The lowest BCUT2D eigenvalue weighted by atomic mass is 9.80. The van der Waals surface area contributed by atoms with E-state index in [4.69, 9.17) is 28.0 Å². The SMILES string of the molecule is COc1ccc(C(OCC2OC[C@@H](n3cc(C)c(=O)[nH]c3=O)[C@@H]2OP(OCCC#N)N(C(C)C)C(C)C)(c2ccccc2)c2ccc(OC)cc2)cc1.